The Morgan fingerprint density at radius 2 is 1.90 bits per heavy atom. The zero-order valence-corrected chi connectivity index (χ0v) is 10.7. The molecule has 20 heavy (non-hydrogen) atoms. The highest BCUT2D eigenvalue weighted by Crippen LogP contribution is 2.23. The summed E-state index contributed by atoms with van der Waals surface area (Å²) in [6.45, 7) is 1.84. The lowest BCUT2D eigenvalue weighted by Crippen LogP contribution is -2.30. The summed E-state index contributed by atoms with van der Waals surface area (Å²) in [5.74, 6) is -2.42. The van der Waals surface area contributed by atoms with Gasteiger partial charge in [0.15, 0.2) is 0 Å². The number of hydrogen-bond acceptors (Lipinski definition) is 3. The lowest BCUT2D eigenvalue weighted by atomic mass is 10.1. The third-order valence-electron chi connectivity index (χ3n) is 2.40. The second-order valence-electron chi connectivity index (χ2n) is 4.07. The van der Waals surface area contributed by atoms with E-state index < -0.39 is 12.1 Å². The Labute approximate surface area is 113 Å². The molecule has 1 rings (SSSR count). The van der Waals surface area contributed by atoms with Crippen LogP contribution in [-0.4, -0.2) is 24.5 Å². The summed E-state index contributed by atoms with van der Waals surface area (Å²) in [6.07, 6.45) is -4.87. The van der Waals surface area contributed by atoms with E-state index in [0.717, 1.165) is 0 Å². The molecule has 2 amide bonds. The first-order valence-electron chi connectivity index (χ1n) is 5.73. The van der Waals surface area contributed by atoms with Crippen LogP contribution in [0.2, 0.25) is 0 Å². The Morgan fingerprint density at radius 1 is 1.25 bits per heavy atom. The molecule has 0 bridgehead atoms. The second-order valence-corrected chi connectivity index (χ2v) is 4.07. The molecule has 0 aliphatic heterocycles. The van der Waals surface area contributed by atoms with E-state index in [0.29, 0.717) is 11.3 Å². The van der Waals surface area contributed by atoms with Crippen molar-refractivity contribution in [2.75, 3.05) is 17.2 Å². The fourth-order valence-corrected chi connectivity index (χ4v) is 1.38. The van der Waals surface area contributed by atoms with Gasteiger partial charge in [-0.3, -0.25) is 9.59 Å². The van der Waals surface area contributed by atoms with Gasteiger partial charge in [-0.2, -0.15) is 13.2 Å². The molecule has 0 unspecified atom stereocenters. The number of hydrogen-bond donors (Lipinski definition) is 3. The summed E-state index contributed by atoms with van der Waals surface area (Å²) < 4.78 is 36.4. The normalized spacial score (nSPS) is 11.1. The quantitative estimate of drug-likeness (QED) is 0.790. The number of halogens is 3. The van der Waals surface area contributed by atoms with E-state index in [-0.39, 0.29) is 24.6 Å². The van der Waals surface area contributed by atoms with Gasteiger partial charge in [0.25, 0.3) is 0 Å². The van der Waals surface area contributed by atoms with Gasteiger partial charge in [0, 0.05) is 24.3 Å². The van der Waals surface area contributed by atoms with Crippen molar-refractivity contribution < 1.29 is 22.8 Å². The Kier molecular flexibility index (Phi) is 5.09. The van der Waals surface area contributed by atoms with E-state index in [1.165, 1.54) is 18.2 Å². The van der Waals surface area contributed by atoms with Crippen LogP contribution in [0, 0.1) is 6.92 Å². The molecule has 1 aromatic carbocycles. The van der Waals surface area contributed by atoms with Gasteiger partial charge in [-0.25, -0.2) is 0 Å². The topological polar surface area (TPSA) is 84.2 Å². The molecule has 0 saturated carbocycles. The molecule has 0 aliphatic rings. The first kappa shape index (κ1) is 16.0. The monoisotopic (exact) mass is 289 g/mol. The van der Waals surface area contributed by atoms with E-state index in [4.69, 9.17) is 5.73 Å². The SMILES string of the molecule is Cc1ccc(NC(=O)C(F)(F)F)cc1NC(=O)CCN. The number of benzene rings is 1. The lowest BCUT2D eigenvalue weighted by molar-refractivity contribution is -0.167. The van der Waals surface area contributed by atoms with E-state index in [1.807, 2.05) is 0 Å². The van der Waals surface area contributed by atoms with Gasteiger partial charge in [0.05, 0.1) is 0 Å². The van der Waals surface area contributed by atoms with Crippen LogP contribution in [-0.2, 0) is 9.59 Å². The highest BCUT2D eigenvalue weighted by Gasteiger charge is 2.38. The number of amides is 2. The summed E-state index contributed by atoms with van der Waals surface area (Å²) in [5, 5.41) is 4.23. The largest absolute Gasteiger partial charge is 0.471 e. The molecule has 4 N–H and O–H groups in total. The first-order chi connectivity index (χ1) is 9.24. The van der Waals surface area contributed by atoms with Gasteiger partial charge < -0.3 is 16.4 Å². The zero-order chi connectivity index (χ0) is 15.3. The van der Waals surface area contributed by atoms with Gasteiger partial charge in [-0.15, -0.1) is 0 Å². The van der Waals surface area contributed by atoms with Crippen molar-refractivity contribution in [3.63, 3.8) is 0 Å². The van der Waals surface area contributed by atoms with E-state index >= 15 is 0 Å². The third kappa shape index (κ3) is 4.54. The number of alkyl halides is 3. The molecular weight excluding hydrogens is 275 g/mol. The van der Waals surface area contributed by atoms with Crippen molar-refractivity contribution in [3.05, 3.63) is 23.8 Å². The van der Waals surface area contributed by atoms with Crippen LogP contribution in [0.15, 0.2) is 18.2 Å². The summed E-state index contributed by atoms with van der Waals surface area (Å²) in [5.41, 5.74) is 6.14. The molecule has 0 aromatic heterocycles. The first-order valence-corrected chi connectivity index (χ1v) is 5.73. The van der Waals surface area contributed by atoms with Gasteiger partial charge in [-0.1, -0.05) is 6.07 Å². The Balaban J connectivity index is 2.86. The van der Waals surface area contributed by atoms with Crippen molar-refractivity contribution in [2.24, 2.45) is 5.73 Å². The molecular formula is C12H14F3N3O2. The minimum atomic E-state index is -4.96. The smallest absolute Gasteiger partial charge is 0.330 e. The summed E-state index contributed by atoms with van der Waals surface area (Å²) in [7, 11) is 0. The van der Waals surface area contributed by atoms with Crippen LogP contribution >= 0.6 is 0 Å². The molecule has 1 aromatic rings. The van der Waals surface area contributed by atoms with E-state index in [9.17, 15) is 22.8 Å². The summed E-state index contributed by atoms with van der Waals surface area (Å²) in [4.78, 5) is 22.2. The van der Waals surface area contributed by atoms with Gasteiger partial charge in [-0.05, 0) is 24.6 Å². The van der Waals surface area contributed by atoms with Crippen molar-refractivity contribution >= 4 is 23.2 Å². The van der Waals surface area contributed by atoms with Crippen molar-refractivity contribution in [3.8, 4) is 0 Å². The van der Waals surface area contributed by atoms with Crippen molar-refractivity contribution in [1.29, 1.82) is 0 Å². The van der Waals surface area contributed by atoms with Crippen molar-refractivity contribution in [2.45, 2.75) is 19.5 Å². The number of anilines is 2. The minimum Gasteiger partial charge on any atom is -0.330 e. The van der Waals surface area contributed by atoms with Crippen LogP contribution in [0.3, 0.4) is 0 Å². The summed E-state index contributed by atoms with van der Waals surface area (Å²) >= 11 is 0. The van der Waals surface area contributed by atoms with Gasteiger partial charge >= 0.3 is 12.1 Å². The molecule has 0 radical (unpaired) electrons. The second kappa shape index (κ2) is 6.38. The number of carbonyl (C=O) groups excluding carboxylic acids is 2. The number of nitrogens with one attached hydrogen (secondary N) is 2. The number of carbonyl (C=O) groups is 2. The van der Waals surface area contributed by atoms with Gasteiger partial charge in [0.1, 0.15) is 0 Å². The lowest BCUT2D eigenvalue weighted by Gasteiger charge is -2.12. The van der Waals surface area contributed by atoms with Crippen LogP contribution in [0.4, 0.5) is 24.5 Å². The van der Waals surface area contributed by atoms with E-state index in [1.54, 1.807) is 12.2 Å². The highest BCUT2D eigenvalue weighted by molar-refractivity contribution is 5.97. The average Bonchev–Trinajstić information content (AvgIpc) is 2.32. The number of aryl methyl sites for hydroxylation is 1. The van der Waals surface area contributed by atoms with Crippen LogP contribution < -0.4 is 16.4 Å². The van der Waals surface area contributed by atoms with Crippen molar-refractivity contribution in [1.82, 2.24) is 0 Å². The van der Waals surface area contributed by atoms with Crippen LogP contribution in [0.25, 0.3) is 0 Å². The predicted octanol–water partition coefficient (Wildman–Crippen LogP) is 1.78. The average molecular weight is 289 g/mol. The summed E-state index contributed by atoms with van der Waals surface area (Å²) in [6, 6.07) is 4.06. The standard InChI is InChI=1S/C12H14F3N3O2/c1-7-2-3-8(17-11(20)12(13,14)15)6-9(7)18-10(19)4-5-16/h2-3,6H,4-5,16H2,1H3,(H,17,20)(H,18,19). The van der Waals surface area contributed by atoms with E-state index in [2.05, 4.69) is 5.32 Å². The molecule has 8 heteroatoms. The van der Waals surface area contributed by atoms with Crippen LogP contribution in [0.5, 0.6) is 0 Å². The van der Waals surface area contributed by atoms with Crippen LogP contribution in [0.1, 0.15) is 12.0 Å². The third-order valence-corrected chi connectivity index (χ3v) is 2.40. The Morgan fingerprint density at radius 3 is 2.45 bits per heavy atom. The fourth-order valence-electron chi connectivity index (χ4n) is 1.38. The Bertz CT molecular complexity index is 515. The molecule has 0 saturated heterocycles. The molecule has 0 spiro atoms. The maximum atomic E-state index is 12.1. The number of nitrogens with two attached hydrogens (primary N) is 1. The molecule has 0 heterocycles. The highest BCUT2D eigenvalue weighted by atomic mass is 19.4. The fraction of sp³-hybridized carbons (Fsp3) is 0.333. The maximum absolute atomic E-state index is 12.1. The molecule has 0 atom stereocenters. The molecule has 0 fully saturated rings. The zero-order valence-electron chi connectivity index (χ0n) is 10.7. The Hall–Kier alpha value is -2.09. The molecule has 0 aliphatic carbocycles. The predicted molar refractivity (Wildman–Crippen MR) is 68.2 cm³/mol. The number of rotatable bonds is 4. The maximum Gasteiger partial charge on any atom is 0.471 e. The molecule has 110 valence electrons. The minimum absolute atomic E-state index is 0.0547. The molecule has 5 nitrogen and oxygen atoms in total. The van der Waals surface area contributed by atoms with Gasteiger partial charge in [0.2, 0.25) is 5.91 Å².